The van der Waals surface area contributed by atoms with Crippen LogP contribution in [0.2, 0.25) is 0 Å². The van der Waals surface area contributed by atoms with E-state index in [4.69, 9.17) is 0 Å². The SMILES string of the molecule is CCN(CC)C(=O)c1cccc(NC(=O)CNC(=O)Cc2cccc3ccccc23)c1. The van der Waals surface area contributed by atoms with Gasteiger partial charge in [0.05, 0.1) is 13.0 Å². The van der Waals surface area contributed by atoms with Crippen LogP contribution in [-0.2, 0) is 16.0 Å². The molecule has 2 N–H and O–H groups in total. The summed E-state index contributed by atoms with van der Waals surface area (Å²) in [7, 11) is 0. The van der Waals surface area contributed by atoms with Crippen molar-refractivity contribution in [3.63, 3.8) is 0 Å². The van der Waals surface area contributed by atoms with Gasteiger partial charge in [-0.2, -0.15) is 0 Å². The first-order chi connectivity index (χ1) is 15.0. The summed E-state index contributed by atoms with van der Waals surface area (Å²) >= 11 is 0. The topological polar surface area (TPSA) is 78.5 Å². The van der Waals surface area contributed by atoms with Crippen LogP contribution in [0.3, 0.4) is 0 Å². The lowest BCUT2D eigenvalue weighted by Gasteiger charge is -2.19. The third-order valence-electron chi connectivity index (χ3n) is 5.12. The molecule has 6 nitrogen and oxygen atoms in total. The average Bonchev–Trinajstić information content (AvgIpc) is 2.79. The molecule has 160 valence electrons. The first-order valence-electron chi connectivity index (χ1n) is 10.4. The Morgan fingerprint density at radius 1 is 0.839 bits per heavy atom. The smallest absolute Gasteiger partial charge is 0.253 e. The van der Waals surface area contributed by atoms with E-state index in [0.717, 1.165) is 16.3 Å². The number of anilines is 1. The fourth-order valence-electron chi connectivity index (χ4n) is 3.49. The first kappa shape index (κ1) is 22.0. The predicted molar refractivity (Wildman–Crippen MR) is 123 cm³/mol. The van der Waals surface area contributed by atoms with Gasteiger partial charge in [0.2, 0.25) is 11.8 Å². The van der Waals surface area contributed by atoms with Crippen LogP contribution in [0.15, 0.2) is 66.7 Å². The van der Waals surface area contributed by atoms with Crippen LogP contribution < -0.4 is 10.6 Å². The number of hydrogen-bond donors (Lipinski definition) is 2. The van der Waals surface area contributed by atoms with E-state index in [1.165, 1.54) is 0 Å². The highest BCUT2D eigenvalue weighted by Gasteiger charge is 2.14. The standard InChI is InChI=1S/C25H27N3O3/c1-3-28(4-2)25(31)20-12-8-13-21(15-20)27-24(30)17-26-23(29)16-19-11-7-10-18-9-5-6-14-22(18)19/h5-15H,3-4,16-17H2,1-2H3,(H,26,29)(H,27,30). The van der Waals surface area contributed by atoms with E-state index in [9.17, 15) is 14.4 Å². The Hall–Kier alpha value is -3.67. The van der Waals surface area contributed by atoms with Crippen LogP contribution in [0.5, 0.6) is 0 Å². The van der Waals surface area contributed by atoms with E-state index in [1.807, 2.05) is 56.3 Å². The van der Waals surface area contributed by atoms with Crippen molar-refractivity contribution in [3.8, 4) is 0 Å². The number of hydrogen-bond acceptors (Lipinski definition) is 3. The van der Waals surface area contributed by atoms with Crippen molar-refractivity contribution in [2.75, 3.05) is 25.0 Å². The molecule has 0 spiro atoms. The zero-order chi connectivity index (χ0) is 22.2. The predicted octanol–water partition coefficient (Wildman–Crippen LogP) is 3.62. The molecule has 31 heavy (non-hydrogen) atoms. The number of carbonyl (C=O) groups excluding carboxylic acids is 3. The van der Waals surface area contributed by atoms with Gasteiger partial charge in [0, 0.05) is 24.3 Å². The van der Waals surface area contributed by atoms with Crippen LogP contribution in [0.4, 0.5) is 5.69 Å². The maximum atomic E-state index is 12.5. The van der Waals surface area contributed by atoms with Gasteiger partial charge < -0.3 is 15.5 Å². The number of nitrogens with one attached hydrogen (secondary N) is 2. The van der Waals surface area contributed by atoms with Crippen molar-refractivity contribution in [2.24, 2.45) is 0 Å². The van der Waals surface area contributed by atoms with Crippen LogP contribution in [-0.4, -0.2) is 42.3 Å². The second kappa shape index (κ2) is 10.4. The lowest BCUT2D eigenvalue weighted by molar-refractivity contribution is -0.123. The molecule has 0 bridgehead atoms. The quantitative estimate of drug-likeness (QED) is 0.588. The molecule has 0 aliphatic carbocycles. The molecule has 0 aliphatic heterocycles. The van der Waals surface area contributed by atoms with Crippen molar-refractivity contribution in [1.82, 2.24) is 10.2 Å². The summed E-state index contributed by atoms with van der Waals surface area (Å²) in [6.07, 6.45) is 0.197. The van der Waals surface area contributed by atoms with Crippen molar-refractivity contribution in [3.05, 3.63) is 77.9 Å². The largest absolute Gasteiger partial charge is 0.347 e. The van der Waals surface area contributed by atoms with Crippen molar-refractivity contribution < 1.29 is 14.4 Å². The minimum atomic E-state index is -0.348. The summed E-state index contributed by atoms with van der Waals surface area (Å²) < 4.78 is 0. The lowest BCUT2D eigenvalue weighted by atomic mass is 10.0. The van der Waals surface area contributed by atoms with Gasteiger partial charge in [0.15, 0.2) is 0 Å². The van der Waals surface area contributed by atoms with E-state index in [0.29, 0.717) is 24.3 Å². The molecule has 0 aliphatic rings. The third-order valence-corrected chi connectivity index (χ3v) is 5.12. The van der Waals surface area contributed by atoms with E-state index in [2.05, 4.69) is 10.6 Å². The summed E-state index contributed by atoms with van der Waals surface area (Å²) in [5, 5.41) is 7.50. The van der Waals surface area contributed by atoms with Gasteiger partial charge in [0.25, 0.3) is 5.91 Å². The first-order valence-corrected chi connectivity index (χ1v) is 10.4. The number of fused-ring (bicyclic) bond motifs is 1. The summed E-state index contributed by atoms with van der Waals surface area (Å²) in [6, 6.07) is 20.5. The van der Waals surface area contributed by atoms with Crippen molar-refractivity contribution in [1.29, 1.82) is 0 Å². The Morgan fingerprint density at radius 2 is 1.55 bits per heavy atom. The highest BCUT2D eigenvalue weighted by molar-refractivity contribution is 5.98. The molecule has 0 aromatic heterocycles. The highest BCUT2D eigenvalue weighted by atomic mass is 16.2. The van der Waals surface area contributed by atoms with Gasteiger partial charge in [-0.05, 0) is 48.4 Å². The fourth-order valence-corrected chi connectivity index (χ4v) is 3.49. The maximum Gasteiger partial charge on any atom is 0.253 e. The summed E-state index contributed by atoms with van der Waals surface area (Å²) in [5.41, 5.74) is 1.95. The Balaban J connectivity index is 1.56. The zero-order valence-corrected chi connectivity index (χ0v) is 17.9. The fraction of sp³-hybridized carbons (Fsp3) is 0.240. The monoisotopic (exact) mass is 417 g/mol. The van der Waals surface area contributed by atoms with Crippen LogP contribution in [0.1, 0.15) is 29.8 Å². The molecule has 6 heteroatoms. The molecule has 0 atom stereocenters. The molecule has 0 saturated carbocycles. The molecule has 3 rings (SSSR count). The van der Waals surface area contributed by atoms with Crippen LogP contribution >= 0.6 is 0 Å². The number of carbonyl (C=O) groups is 3. The maximum absolute atomic E-state index is 12.5. The molecule has 3 amide bonds. The Labute approximate surface area is 182 Å². The minimum absolute atomic E-state index is 0.0792. The second-order valence-electron chi connectivity index (χ2n) is 7.20. The van der Waals surface area contributed by atoms with Crippen molar-refractivity contribution in [2.45, 2.75) is 20.3 Å². The van der Waals surface area contributed by atoms with E-state index < -0.39 is 0 Å². The summed E-state index contributed by atoms with van der Waals surface area (Å²) in [6.45, 7) is 4.95. The zero-order valence-electron chi connectivity index (χ0n) is 17.9. The molecular formula is C25H27N3O3. The average molecular weight is 418 g/mol. The normalized spacial score (nSPS) is 10.5. The molecular weight excluding hydrogens is 390 g/mol. The van der Waals surface area contributed by atoms with Crippen LogP contribution in [0.25, 0.3) is 10.8 Å². The van der Waals surface area contributed by atoms with Crippen LogP contribution in [0, 0.1) is 0 Å². The molecule has 0 radical (unpaired) electrons. The number of benzene rings is 3. The second-order valence-corrected chi connectivity index (χ2v) is 7.20. The Morgan fingerprint density at radius 3 is 2.32 bits per heavy atom. The van der Waals surface area contributed by atoms with Gasteiger partial charge in [-0.25, -0.2) is 0 Å². The number of rotatable bonds is 8. The molecule has 3 aromatic carbocycles. The van der Waals surface area contributed by atoms with Crippen molar-refractivity contribution >= 4 is 34.2 Å². The summed E-state index contributed by atoms with van der Waals surface area (Å²) in [5.74, 6) is -0.653. The van der Waals surface area contributed by atoms with Gasteiger partial charge in [0.1, 0.15) is 0 Å². The molecule has 0 fully saturated rings. The Bertz CT molecular complexity index is 1080. The van der Waals surface area contributed by atoms with E-state index in [1.54, 1.807) is 29.2 Å². The van der Waals surface area contributed by atoms with E-state index >= 15 is 0 Å². The van der Waals surface area contributed by atoms with Gasteiger partial charge in [-0.3, -0.25) is 14.4 Å². The molecule has 3 aromatic rings. The number of amides is 3. The molecule has 0 saturated heterocycles. The highest BCUT2D eigenvalue weighted by Crippen LogP contribution is 2.19. The van der Waals surface area contributed by atoms with E-state index in [-0.39, 0.29) is 30.7 Å². The van der Waals surface area contributed by atoms with Gasteiger partial charge >= 0.3 is 0 Å². The molecule has 0 heterocycles. The molecule has 0 unspecified atom stereocenters. The Kier molecular flexibility index (Phi) is 7.38. The minimum Gasteiger partial charge on any atom is -0.347 e. The summed E-state index contributed by atoms with van der Waals surface area (Å²) in [4.78, 5) is 38.8. The third kappa shape index (κ3) is 5.69. The number of nitrogens with zero attached hydrogens (tertiary/aromatic N) is 1. The van der Waals surface area contributed by atoms with Gasteiger partial charge in [-0.1, -0.05) is 48.5 Å². The van der Waals surface area contributed by atoms with Gasteiger partial charge in [-0.15, -0.1) is 0 Å². The lowest BCUT2D eigenvalue weighted by Crippen LogP contribution is -2.34.